The smallest absolute Gasteiger partial charge is 0.340 e. The predicted molar refractivity (Wildman–Crippen MR) is 134 cm³/mol. The number of para-hydroxylation sites is 1. The number of nitrogens with zero attached hydrogens (tertiary/aromatic N) is 2. The highest BCUT2D eigenvalue weighted by molar-refractivity contribution is 7.93. The Morgan fingerprint density at radius 1 is 1.00 bits per heavy atom. The van der Waals surface area contributed by atoms with Crippen molar-refractivity contribution in [2.75, 3.05) is 22.8 Å². The van der Waals surface area contributed by atoms with Crippen molar-refractivity contribution in [1.29, 1.82) is 0 Å². The molecule has 3 aromatic carbocycles. The number of rotatable bonds is 8. The second kappa shape index (κ2) is 10.5. The summed E-state index contributed by atoms with van der Waals surface area (Å²) in [6.45, 7) is 1.18. The number of amides is 1. The van der Waals surface area contributed by atoms with E-state index < -0.39 is 34.3 Å². The molecule has 4 rings (SSSR count). The van der Waals surface area contributed by atoms with Gasteiger partial charge in [-0.25, -0.2) is 17.6 Å². The highest BCUT2D eigenvalue weighted by Crippen LogP contribution is 2.29. The first kappa shape index (κ1) is 24.8. The van der Waals surface area contributed by atoms with E-state index in [2.05, 4.69) is 10.3 Å². The van der Waals surface area contributed by atoms with Crippen molar-refractivity contribution < 1.29 is 27.1 Å². The minimum absolute atomic E-state index is 0.0357. The predicted octanol–water partition coefficient (Wildman–Crippen LogP) is 4.38. The summed E-state index contributed by atoms with van der Waals surface area (Å²) in [4.78, 5) is 29.3. The van der Waals surface area contributed by atoms with E-state index in [9.17, 15) is 22.4 Å². The van der Waals surface area contributed by atoms with Gasteiger partial charge in [-0.15, -0.1) is 0 Å². The number of sulfonamides is 1. The topological polar surface area (TPSA) is 106 Å². The summed E-state index contributed by atoms with van der Waals surface area (Å²) < 4.78 is 47.2. The quantitative estimate of drug-likeness (QED) is 0.355. The molecule has 0 spiro atoms. The van der Waals surface area contributed by atoms with Gasteiger partial charge >= 0.3 is 5.97 Å². The lowest BCUT2D eigenvalue weighted by Gasteiger charge is -2.25. The largest absolute Gasteiger partial charge is 0.462 e. The number of carbonyl (C=O) groups is 2. The molecule has 1 amide bonds. The Kier molecular flexibility index (Phi) is 7.25. The van der Waals surface area contributed by atoms with Crippen LogP contribution in [0.2, 0.25) is 0 Å². The van der Waals surface area contributed by atoms with Crippen LogP contribution in [0.5, 0.6) is 0 Å². The SMILES string of the molecule is CCOC(=O)c1ccccc1NC(=O)CN(c1ccc(F)cc1)S(=O)(=O)c1cccc2cnccc12. The van der Waals surface area contributed by atoms with Gasteiger partial charge in [-0.3, -0.25) is 14.1 Å². The zero-order chi connectivity index (χ0) is 25.7. The van der Waals surface area contributed by atoms with Crippen molar-refractivity contribution >= 4 is 44.0 Å². The fraction of sp³-hybridized carbons (Fsp3) is 0.115. The molecule has 184 valence electrons. The van der Waals surface area contributed by atoms with Crippen LogP contribution in [0, 0.1) is 5.82 Å². The van der Waals surface area contributed by atoms with Crippen LogP contribution in [0.15, 0.2) is 90.1 Å². The van der Waals surface area contributed by atoms with Crippen molar-refractivity contribution in [2.45, 2.75) is 11.8 Å². The van der Waals surface area contributed by atoms with Crippen molar-refractivity contribution in [2.24, 2.45) is 0 Å². The number of anilines is 2. The van der Waals surface area contributed by atoms with Crippen molar-refractivity contribution in [3.63, 3.8) is 0 Å². The molecule has 0 aliphatic carbocycles. The Morgan fingerprint density at radius 2 is 1.75 bits per heavy atom. The molecule has 0 unspecified atom stereocenters. The lowest BCUT2D eigenvalue weighted by Crippen LogP contribution is -2.38. The number of esters is 1. The number of ether oxygens (including phenoxy) is 1. The fourth-order valence-corrected chi connectivity index (χ4v) is 5.30. The maximum Gasteiger partial charge on any atom is 0.340 e. The van der Waals surface area contributed by atoms with E-state index in [0.29, 0.717) is 10.8 Å². The highest BCUT2D eigenvalue weighted by atomic mass is 32.2. The average molecular weight is 508 g/mol. The molecule has 0 radical (unpaired) electrons. The first-order chi connectivity index (χ1) is 17.3. The van der Waals surface area contributed by atoms with Crippen LogP contribution in [0.1, 0.15) is 17.3 Å². The Labute approximate surface area is 207 Å². The van der Waals surface area contributed by atoms with Crippen molar-refractivity contribution in [1.82, 2.24) is 4.98 Å². The third-order valence-electron chi connectivity index (χ3n) is 5.31. The third-order valence-corrected chi connectivity index (χ3v) is 7.14. The molecule has 0 saturated heterocycles. The van der Waals surface area contributed by atoms with E-state index in [1.54, 1.807) is 37.3 Å². The second-order valence-corrected chi connectivity index (χ2v) is 9.49. The van der Waals surface area contributed by atoms with Crippen LogP contribution in [0.4, 0.5) is 15.8 Å². The van der Waals surface area contributed by atoms with Crippen molar-refractivity contribution in [3.8, 4) is 0 Å². The van der Waals surface area contributed by atoms with E-state index in [0.717, 1.165) is 16.4 Å². The number of hydrogen-bond acceptors (Lipinski definition) is 6. The maximum absolute atomic E-state index is 13.8. The molecule has 0 saturated carbocycles. The summed E-state index contributed by atoms with van der Waals surface area (Å²) in [5.41, 5.74) is 0.398. The van der Waals surface area contributed by atoms with Gasteiger partial charge in [-0.05, 0) is 55.5 Å². The van der Waals surface area contributed by atoms with Gasteiger partial charge < -0.3 is 10.1 Å². The second-order valence-electron chi connectivity index (χ2n) is 7.66. The van der Waals surface area contributed by atoms with Gasteiger partial charge in [-0.2, -0.15) is 0 Å². The minimum Gasteiger partial charge on any atom is -0.462 e. The minimum atomic E-state index is -4.29. The zero-order valence-corrected chi connectivity index (χ0v) is 20.0. The molecule has 0 atom stereocenters. The standard InChI is InChI=1S/C26H22FN3O5S/c1-2-35-26(32)22-7-3-4-8-23(22)29-25(31)17-30(20-12-10-19(27)11-13-20)36(33,34)24-9-5-6-18-16-28-15-14-21(18)24/h3-16H,2,17H2,1H3,(H,29,31). The monoisotopic (exact) mass is 507 g/mol. The molecule has 36 heavy (non-hydrogen) atoms. The number of pyridine rings is 1. The summed E-state index contributed by atoms with van der Waals surface area (Å²) in [6.07, 6.45) is 3.01. The number of aromatic nitrogens is 1. The van der Waals surface area contributed by atoms with E-state index in [1.807, 2.05) is 0 Å². The van der Waals surface area contributed by atoms with Gasteiger partial charge in [0.2, 0.25) is 5.91 Å². The molecule has 8 nitrogen and oxygen atoms in total. The van der Waals surface area contributed by atoms with Crippen LogP contribution in [0.3, 0.4) is 0 Å². The lowest BCUT2D eigenvalue weighted by atomic mass is 10.2. The molecule has 1 heterocycles. The molecule has 1 N–H and O–H groups in total. The first-order valence-electron chi connectivity index (χ1n) is 11.0. The van der Waals surface area contributed by atoms with E-state index >= 15 is 0 Å². The molecular weight excluding hydrogens is 485 g/mol. The number of carbonyl (C=O) groups excluding carboxylic acids is 2. The Hall–Kier alpha value is -4.31. The molecule has 0 fully saturated rings. The molecule has 0 bridgehead atoms. The normalized spacial score (nSPS) is 11.2. The van der Waals surface area contributed by atoms with Gasteiger partial charge in [0.25, 0.3) is 10.0 Å². The summed E-state index contributed by atoms with van der Waals surface area (Å²) in [7, 11) is -4.29. The Morgan fingerprint density at radius 3 is 2.50 bits per heavy atom. The summed E-state index contributed by atoms with van der Waals surface area (Å²) in [5, 5.41) is 3.62. The molecule has 0 aliphatic rings. The van der Waals surface area contributed by atoms with Crippen LogP contribution >= 0.6 is 0 Å². The van der Waals surface area contributed by atoms with Gasteiger partial charge in [-0.1, -0.05) is 24.3 Å². The van der Waals surface area contributed by atoms with Gasteiger partial charge in [0.05, 0.1) is 28.4 Å². The lowest BCUT2D eigenvalue weighted by molar-refractivity contribution is -0.114. The van der Waals surface area contributed by atoms with E-state index in [-0.39, 0.29) is 28.4 Å². The van der Waals surface area contributed by atoms with Gasteiger partial charge in [0.15, 0.2) is 0 Å². The van der Waals surface area contributed by atoms with Crippen LogP contribution in [-0.4, -0.2) is 38.4 Å². The molecular formula is C26H22FN3O5S. The summed E-state index contributed by atoms with van der Waals surface area (Å²) >= 11 is 0. The number of benzene rings is 3. The number of halogens is 1. The van der Waals surface area contributed by atoms with Gasteiger partial charge in [0, 0.05) is 23.2 Å². The van der Waals surface area contributed by atoms with Crippen LogP contribution in [-0.2, 0) is 19.6 Å². The zero-order valence-electron chi connectivity index (χ0n) is 19.2. The molecule has 1 aromatic heterocycles. The third kappa shape index (κ3) is 5.18. The summed E-state index contributed by atoms with van der Waals surface area (Å²) in [5.74, 6) is -1.89. The van der Waals surface area contributed by atoms with Gasteiger partial charge in [0.1, 0.15) is 12.4 Å². The summed E-state index contributed by atoms with van der Waals surface area (Å²) in [6, 6.07) is 17.3. The number of nitrogens with one attached hydrogen (secondary N) is 1. The van der Waals surface area contributed by atoms with E-state index in [1.165, 1.54) is 42.7 Å². The van der Waals surface area contributed by atoms with E-state index in [4.69, 9.17) is 4.74 Å². The Balaban J connectivity index is 1.72. The number of hydrogen-bond donors (Lipinski definition) is 1. The highest BCUT2D eigenvalue weighted by Gasteiger charge is 2.29. The fourth-order valence-electron chi connectivity index (χ4n) is 3.66. The Bertz CT molecular complexity index is 1520. The van der Waals surface area contributed by atoms with Crippen molar-refractivity contribution in [3.05, 3.63) is 96.6 Å². The van der Waals surface area contributed by atoms with Crippen LogP contribution < -0.4 is 9.62 Å². The first-order valence-corrected chi connectivity index (χ1v) is 12.4. The molecule has 0 aliphatic heterocycles. The molecule has 4 aromatic rings. The number of fused-ring (bicyclic) bond motifs is 1. The maximum atomic E-state index is 13.8. The molecule has 10 heteroatoms. The average Bonchev–Trinajstić information content (AvgIpc) is 2.88. The van der Waals surface area contributed by atoms with Crippen LogP contribution in [0.25, 0.3) is 10.8 Å².